The van der Waals surface area contributed by atoms with Crippen LogP contribution in [0.5, 0.6) is 0 Å². The third-order valence-corrected chi connectivity index (χ3v) is 1.75. The number of aliphatic carboxylic acids is 3. The van der Waals surface area contributed by atoms with Gasteiger partial charge >= 0.3 is 17.9 Å². The topological polar surface area (TPSA) is 164 Å². The molecular formula is C10H20N2O6. The second-order valence-electron chi connectivity index (χ2n) is 4.12. The van der Waals surface area contributed by atoms with Crippen molar-refractivity contribution >= 4 is 17.9 Å². The SMILES string of the molecule is CC(C)C[C@H](N)C(=O)O.N[C@H](CC(=O)O)C(=O)O. The highest BCUT2D eigenvalue weighted by Crippen LogP contribution is 2.01. The number of nitrogens with two attached hydrogens (primary N) is 2. The summed E-state index contributed by atoms with van der Waals surface area (Å²) in [7, 11) is 0. The molecule has 0 aromatic heterocycles. The van der Waals surface area contributed by atoms with Crippen molar-refractivity contribution in [2.24, 2.45) is 17.4 Å². The zero-order valence-electron chi connectivity index (χ0n) is 10.4. The van der Waals surface area contributed by atoms with Gasteiger partial charge in [0, 0.05) is 0 Å². The van der Waals surface area contributed by atoms with Crippen LogP contribution in [0.15, 0.2) is 0 Å². The highest BCUT2D eigenvalue weighted by Gasteiger charge is 2.14. The first-order valence-corrected chi connectivity index (χ1v) is 5.26. The zero-order valence-corrected chi connectivity index (χ0v) is 10.4. The summed E-state index contributed by atoms with van der Waals surface area (Å²) in [5.41, 5.74) is 10.1. The number of rotatable bonds is 6. The van der Waals surface area contributed by atoms with Gasteiger partial charge in [-0.25, -0.2) is 0 Å². The van der Waals surface area contributed by atoms with Crippen LogP contribution in [0.1, 0.15) is 26.7 Å². The molecule has 0 aliphatic rings. The van der Waals surface area contributed by atoms with Crippen molar-refractivity contribution in [1.29, 1.82) is 0 Å². The zero-order chi connectivity index (χ0) is 14.9. The van der Waals surface area contributed by atoms with Gasteiger partial charge in [-0.15, -0.1) is 0 Å². The predicted octanol–water partition coefficient (Wildman–Crippen LogP) is -0.683. The third kappa shape index (κ3) is 12.4. The molecule has 0 spiro atoms. The molecule has 0 saturated carbocycles. The van der Waals surface area contributed by atoms with Gasteiger partial charge in [0.05, 0.1) is 6.42 Å². The summed E-state index contributed by atoms with van der Waals surface area (Å²) in [6, 6.07) is -1.98. The number of hydrogen-bond acceptors (Lipinski definition) is 5. The van der Waals surface area contributed by atoms with Crippen LogP contribution in [-0.4, -0.2) is 45.3 Å². The van der Waals surface area contributed by atoms with E-state index in [1.807, 2.05) is 13.8 Å². The van der Waals surface area contributed by atoms with Crippen molar-refractivity contribution in [2.45, 2.75) is 38.8 Å². The lowest BCUT2D eigenvalue weighted by Gasteiger charge is -2.07. The molecule has 106 valence electrons. The van der Waals surface area contributed by atoms with Gasteiger partial charge < -0.3 is 26.8 Å². The molecule has 7 N–H and O–H groups in total. The quantitative estimate of drug-likeness (QED) is 0.421. The van der Waals surface area contributed by atoms with E-state index in [9.17, 15) is 14.4 Å². The molecule has 0 radical (unpaired) electrons. The van der Waals surface area contributed by atoms with Crippen LogP contribution in [0, 0.1) is 5.92 Å². The van der Waals surface area contributed by atoms with E-state index in [2.05, 4.69) is 0 Å². The molecule has 0 bridgehead atoms. The molecule has 0 aromatic rings. The normalized spacial score (nSPS) is 13.2. The van der Waals surface area contributed by atoms with Gasteiger partial charge in [-0.1, -0.05) is 13.8 Å². The van der Waals surface area contributed by atoms with Crippen molar-refractivity contribution in [2.75, 3.05) is 0 Å². The standard InChI is InChI=1S/C6H13NO2.C4H7NO4/c1-4(2)3-5(7)6(8)9;5-2(4(8)9)1-3(6)7/h4-5H,3,7H2,1-2H3,(H,8,9);2H,1,5H2,(H,6,7)(H,8,9)/t5-;2-/m01/s1. The maximum Gasteiger partial charge on any atom is 0.321 e. The fourth-order valence-electron chi connectivity index (χ4n) is 0.884. The van der Waals surface area contributed by atoms with Crippen LogP contribution >= 0.6 is 0 Å². The van der Waals surface area contributed by atoms with Crippen LogP contribution in [-0.2, 0) is 14.4 Å². The number of carboxylic acid groups (broad SMARTS) is 3. The molecule has 0 saturated heterocycles. The number of hydrogen-bond donors (Lipinski definition) is 5. The Balaban J connectivity index is 0. The Morgan fingerprint density at radius 2 is 1.33 bits per heavy atom. The summed E-state index contributed by atoms with van der Waals surface area (Å²) in [6.45, 7) is 3.89. The molecule has 0 rings (SSSR count). The van der Waals surface area contributed by atoms with E-state index in [4.69, 9.17) is 26.8 Å². The largest absolute Gasteiger partial charge is 0.481 e. The molecule has 0 fully saturated rings. The molecule has 0 aliphatic heterocycles. The molecule has 0 amide bonds. The maximum atomic E-state index is 10.1. The lowest BCUT2D eigenvalue weighted by Crippen LogP contribution is -2.32. The Kier molecular flexibility index (Phi) is 9.73. The predicted molar refractivity (Wildman–Crippen MR) is 62.9 cm³/mol. The Labute approximate surface area is 105 Å². The molecule has 0 unspecified atom stereocenters. The number of carbonyl (C=O) groups is 3. The molecule has 8 heteroatoms. The number of carboxylic acids is 3. The Hall–Kier alpha value is -1.67. The third-order valence-electron chi connectivity index (χ3n) is 1.75. The average Bonchev–Trinajstić information content (AvgIpc) is 2.16. The van der Waals surface area contributed by atoms with E-state index in [-0.39, 0.29) is 0 Å². The molecule has 0 aromatic carbocycles. The minimum atomic E-state index is -1.29. The van der Waals surface area contributed by atoms with Gasteiger partial charge in [-0.3, -0.25) is 14.4 Å². The van der Waals surface area contributed by atoms with Crippen LogP contribution in [0.2, 0.25) is 0 Å². The fourth-order valence-corrected chi connectivity index (χ4v) is 0.884. The highest BCUT2D eigenvalue weighted by atomic mass is 16.4. The second-order valence-corrected chi connectivity index (χ2v) is 4.12. The van der Waals surface area contributed by atoms with Gasteiger partial charge in [0.1, 0.15) is 12.1 Å². The first-order chi connectivity index (χ1) is 8.07. The first kappa shape index (κ1) is 18.7. The Morgan fingerprint density at radius 1 is 0.944 bits per heavy atom. The fraction of sp³-hybridized carbons (Fsp3) is 0.700. The second kappa shape index (κ2) is 9.37. The van der Waals surface area contributed by atoms with Crippen molar-refractivity contribution in [3.63, 3.8) is 0 Å². The van der Waals surface area contributed by atoms with Crippen molar-refractivity contribution in [3.8, 4) is 0 Å². The van der Waals surface area contributed by atoms with Crippen LogP contribution < -0.4 is 11.5 Å². The lowest BCUT2D eigenvalue weighted by molar-refractivity contribution is -0.144. The minimum Gasteiger partial charge on any atom is -0.481 e. The van der Waals surface area contributed by atoms with Gasteiger partial charge in [0.15, 0.2) is 0 Å². The van der Waals surface area contributed by atoms with E-state index < -0.39 is 36.4 Å². The maximum absolute atomic E-state index is 10.1. The van der Waals surface area contributed by atoms with Crippen molar-refractivity contribution in [3.05, 3.63) is 0 Å². The van der Waals surface area contributed by atoms with Crippen LogP contribution in [0.4, 0.5) is 0 Å². The van der Waals surface area contributed by atoms with Crippen LogP contribution in [0.25, 0.3) is 0 Å². The smallest absolute Gasteiger partial charge is 0.321 e. The van der Waals surface area contributed by atoms with Crippen molar-refractivity contribution < 1.29 is 29.7 Å². The molecule has 8 nitrogen and oxygen atoms in total. The summed E-state index contributed by atoms with van der Waals surface area (Å²) < 4.78 is 0. The van der Waals surface area contributed by atoms with Gasteiger partial charge in [-0.2, -0.15) is 0 Å². The Morgan fingerprint density at radius 3 is 1.44 bits per heavy atom. The summed E-state index contributed by atoms with van der Waals surface area (Å²) in [5, 5.41) is 24.3. The van der Waals surface area contributed by atoms with E-state index >= 15 is 0 Å². The lowest BCUT2D eigenvalue weighted by atomic mass is 10.1. The average molecular weight is 264 g/mol. The highest BCUT2D eigenvalue weighted by molar-refractivity contribution is 5.80. The molecule has 0 heterocycles. The van der Waals surface area contributed by atoms with E-state index in [0.29, 0.717) is 12.3 Å². The van der Waals surface area contributed by atoms with Crippen molar-refractivity contribution in [1.82, 2.24) is 0 Å². The van der Waals surface area contributed by atoms with Gasteiger partial charge in [0.25, 0.3) is 0 Å². The minimum absolute atomic E-state index is 0.357. The van der Waals surface area contributed by atoms with E-state index in [1.165, 1.54) is 0 Å². The van der Waals surface area contributed by atoms with Crippen LogP contribution in [0.3, 0.4) is 0 Å². The molecule has 2 atom stereocenters. The van der Waals surface area contributed by atoms with Gasteiger partial charge in [0.2, 0.25) is 0 Å². The molecular weight excluding hydrogens is 244 g/mol. The molecule has 18 heavy (non-hydrogen) atoms. The summed E-state index contributed by atoms with van der Waals surface area (Å²) in [6.07, 6.45) is 0.0185. The van der Waals surface area contributed by atoms with Gasteiger partial charge in [-0.05, 0) is 12.3 Å². The first-order valence-electron chi connectivity index (χ1n) is 5.26. The van der Waals surface area contributed by atoms with E-state index in [0.717, 1.165) is 0 Å². The monoisotopic (exact) mass is 264 g/mol. The van der Waals surface area contributed by atoms with E-state index in [1.54, 1.807) is 0 Å². The summed E-state index contributed by atoms with van der Waals surface area (Å²) >= 11 is 0. The summed E-state index contributed by atoms with van der Waals surface area (Å²) in [4.78, 5) is 29.7. The molecule has 0 aliphatic carbocycles. The summed E-state index contributed by atoms with van der Waals surface area (Å²) in [5.74, 6) is -3.05. The Bertz CT molecular complexity index is 292.